The zero-order valence-electron chi connectivity index (χ0n) is 16.9. The van der Waals surface area contributed by atoms with Gasteiger partial charge < -0.3 is 29.2 Å². The lowest BCUT2D eigenvalue weighted by Gasteiger charge is -2.45. The molecule has 0 atom stereocenters. The van der Waals surface area contributed by atoms with Crippen LogP contribution < -0.4 is 14.4 Å². The number of fused-ring (bicyclic) bond motifs is 2. The van der Waals surface area contributed by atoms with Crippen LogP contribution in [0.25, 0.3) is 11.2 Å². The largest absolute Gasteiger partial charge is 0.486 e. The third-order valence-corrected chi connectivity index (χ3v) is 6.13. The van der Waals surface area contributed by atoms with Crippen LogP contribution in [0.1, 0.15) is 24.4 Å². The lowest BCUT2D eigenvalue weighted by Crippen LogP contribution is -2.44. The van der Waals surface area contributed by atoms with E-state index in [0.717, 1.165) is 34.0 Å². The van der Waals surface area contributed by atoms with E-state index in [1.165, 1.54) is 0 Å². The normalized spacial score (nSPS) is 17.7. The lowest BCUT2D eigenvalue weighted by atomic mass is 9.66. The van der Waals surface area contributed by atoms with Crippen molar-refractivity contribution in [3.63, 3.8) is 0 Å². The molecule has 1 aromatic carbocycles. The van der Waals surface area contributed by atoms with Crippen molar-refractivity contribution in [2.45, 2.75) is 25.4 Å². The van der Waals surface area contributed by atoms with Gasteiger partial charge in [0.25, 0.3) is 0 Å². The summed E-state index contributed by atoms with van der Waals surface area (Å²) in [4.78, 5) is 15.5. The number of anilines is 1. The Morgan fingerprint density at radius 3 is 2.63 bits per heavy atom. The summed E-state index contributed by atoms with van der Waals surface area (Å²) in [5.74, 6) is 2.30. The van der Waals surface area contributed by atoms with Crippen LogP contribution in [-0.2, 0) is 6.54 Å². The number of ether oxygens (including phenoxy) is 2. The summed E-state index contributed by atoms with van der Waals surface area (Å²) in [6, 6.07) is 6.13. The maximum Gasteiger partial charge on any atom is 0.165 e. The molecule has 1 saturated carbocycles. The fraction of sp³-hybridized carbons (Fsp3) is 0.476. The average molecular weight is 411 g/mol. The van der Waals surface area contributed by atoms with Gasteiger partial charge in [-0.3, -0.25) is 0 Å². The highest BCUT2D eigenvalue weighted by Crippen LogP contribution is 2.48. The first-order chi connectivity index (χ1) is 14.6. The van der Waals surface area contributed by atoms with Gasteiger partial charge in [0.2, 0.25) is 0 Å². The molecule has 0 unspecified atom stereocenters. The molecule has 3 heterocycles. The second-order valence-electron chi connectivity index (χ2n) is 8.23. The van der Waals surface area contributed by atoms with Crippen LogP contribution in [-0.4, -0.2) is 63.2 Å². The third-order valence-electron chi connectivity index (χ3n) is 6.13. The molecule has 158 valence electrons. The van der Waals surface area contributed by atoms with Gasteiger partial charge in [0.05, 0.1) is 19.5 Å². The van der Waals surface area contributed by atoms with E-state index in [2.05, 4.69) is 15.0 Å². The Morgan fingerprint density at radius 2 is 1.87 bits per heavy atom. The maximum absolute atomic E-state index is 9.56. The van der Waals surface area contributed by atoms with Crippen LogP contribution in [0.2, 0.25) is 0 Å². The summed E-state index contributed by atoms with van der Waals surface area (Å²) < 4.78 is 13.3. The molecular formula is C21H25N5O4. The average Bonchev–Trinajstić information content (AvgIpc) is 3.18. The van der Waals surface area contributed by atoms with Gasteiger partial charge in [-0.05, 0) is 30.5 Å². The van der Waals surface area contributed by atoms with Crippen LogP contribution in [0.3, 0.4) is 0 Å². The minimum atomic E-state index is -0.397. The third kappa shape index (κ3) is 3.14. The Hall–Kier alpha value is -2.91. The Bertz CT molecular complexity index is 1060. The molecule has 2 aliphatic rings. The molecule has 0 saturated heterocycles. The Labute approximate surface area is 173 Å². The van der Waals surface area contributed by atoms with Gasteiger partial charge >= 0.3 is 0 Å². The van der Waals surface area contributed by atoms with E-state index in [4.69, 9.17) is 9.47 Å². The Balaban J connectivity index is 1.38. The number of nitrogens with zero attached hydrogens (tertiary/aromatic N) is 5. The minimum Gasteiger partial charge on any atom is -0.486 e. The van der Waals surface area contributed by atoms with Gasteiger partial charge in [-0.1, -0.05) is 6.07 Å². The number of benzene rings is 1. The number of hydrogen-bond donors (Lipinski definition) is 2. The van der Waals surface area contributed by atoms with E-state index >= 15 is 0 Å². The minimum absolute atomic E-state index is 0.00880. The van der Waals surface area contributed by atoms with Crippen molar-refractivity contribution >= 4 is 17.0 Å². The summed E-state index contributed by atoms with van der Waals surface area (Å²) in [7, 11) is 1.98. The second kappa shape index (κ2) is 7.41. The molecule has 9 nitrogen and oxygen atoms in total. The zero-order chi connectivity index (χ0) is 20.7. The second-order valence-corrected chi connectivity index (χ2v) is 8.23. The van der Waals surface area contributed by atoms with Crippen molar-refractivity contribution in [2.75, 3.05) is 38.4 Å². The van der Waals surface area contributed by atoms with Crippen LogP contribution >= 0.6 is 0 Å². The highest BCUT2D eigenvalue weighted by Gasteiger charge is 2.44. The van der Waals surface area contributed by atoms with E-state index in [0.29, 0.717) is 32.6 Å². The first-order valence-corrected chi connectivity index (χ1v) is 10.1. The van der Waals surface area contributed by atoms with Gasteiger partial charge in [0.1, 0.15) is 19.5 Å². The number of aromatic nitrogens is 4. The highest BCUT2D eigenvalue weighted by atomic mass is 16.6. The van der Waals surface area contributed by atoms with Gasteiger partial charge in [0, 0.05) is 25.0 Å². The summed E-state index contributed by atoms with van der Waals surface area (Å²) >= 11 is 0. The fourth-order valence-corrected chi connectivity index (χ4v) is 4.37. The van der Waals surface area contributed by atoms with Gasteiger partial charge in [0.15, 0.2) is 28.5 Å². The van der Waals surface area contributed by atoms with Crippen molar-refractivity contribution < 1.29 is 19.7 Å². The topological polar surface area (TPSA) is 106 Å². The van der Waals surface area contributed by atoms with Crippen LogP contribution in [0.15, 0.2) is 30.9 Å². The number of hydrogen-bond acceptors (Lipinski definition) is 8. The first kappa shape index (κ1) is 19.1. The van der Waals surface area contributed by atoms with E-state index < -0.39 is 5.41 Å². The SMILES string of the molecule is CN(Cc1ccc2c(c1)OCCO2)c1ncnc2c1ncn2C1CC(CO)(CO)C1. The molecule has 0 radical (unpaired) electrons. The molecule has 2 N–H and O–H groups in total. The Morgan fingerprint density at radius 1 is 1.10 bits per heavy atom. The van der Waals surface area contributed by atoms with Crippen LogP contribution in [0.4, 0.5) is 5.82 Å². The molecule has 30 heavy (non-hydrogen) atoms. The predicted molar refractivity (Wildman–Crippen MR) is 110 cm³/mol. The molecule has 0 bridgehead atoms. The molecule has 1 fully saturated rings. The number of aliphatic hydroxyl groups excluding tert-OH is 2. The molecule has 3 aromatic rings. The summed E-state index contributed by atoms with van der Waals surface area (Å²) in [6.07, 6.45) is 4.75. The molecule has 5 rings (SSSR count). The summed E-state index contributed by atoms with van der Waals surface area (Å²) in [5, 5.41) is 19.1. The van der Waals surface area contributed by atoms with Crippen molar-refractivity contribution in [1.82, 2.24) is 19.5 Å². The van der Waals surface area contributed by atoms with Crippen LogP contribution in [0, 0.1) is 5.41 Å². The van der Waals surface area contributed by atoms with Gasteiger partial charge in [-0.25, -0.2) is 15.0 Å². The molecule has 9 heteroatoms. The van der Waals surface area contributed by atoms with Crippen molar-refractivity contribution in [2.24, 2.45) is 5.41 Å². The van der Waals surface area contributed by atoms with Crippen molar-refractivity contribution in [3.05, 3.63) is 36.4 Å². The molecule has 1 aliphatic carbocycles. The number of rotatable bonds is 6. The molecule has 1 aliphatic heterocycles. The van der Waals surface area contributed by atoms with E-state index in [9.17, 15) is 10.2 Å². The lowest BCUT2D eigenvalue weighted by molar-refractivity contribution is -0.0421. The van der Waals surface area contributed by atoms with Gasteiger partial charge in [-0.2, -0.15) is 0 Å². The summed E-state index contributed by atoms with van der Waals surface area (Å²) in [5.41, 5.74) is 2.20. The zero-order valence-corrected chi connectivity index (χ0v) is 16.9. The van der Waals surface area contributed by atoms with E-state index in [1.807, 2.05) is 34.7 Å². The number of imidazole rings is 1. The van der Waals surface area contributed by atoms with Crippen LogP contribution in [0.5, 0.6) is 11.5 Å². The predicted octanol–water partition coefficient (Wildman–Crippen LogP) is 1.54. The van der Waals surface area contributed by atoms with Crippen molar-refractivity contribution in [1.29, 1.82) is 0 Å². The smallest absolute Gasteiger partial charge is 0.165 e. The first-order valence-electron chi connectivity index (χ1n) is 10.1. The van der Waals surface area contributed by atoms with E-state index in [1.54, 1.807) is 12.7 Å². The Kier molecular flexibility index (Phi) is 4.71. The fourth-order valence-electron chi connectivity index (χ4n) is 4.37. The monoisotopic (exact) mass is 411 g/mol. The number of aliphatic hydroxyl groups is 2. The van der Waals surface area contributed by atoms with Crippen molar-refractivity contribution in [3.8, 4) is 11.5 Å². The molecule has 2 aromatic heterocycles. The highest BCUT2D eigenvalue weighted by molar-refractivity contribution is 5.83. The molecule has 0 amide bonds. The quantitative estimate of drug-likeness (QED) is 0.629. The summed E-state index contributed by atoms with van der Waals surface area (Å²) in [6.45, 7) is 1.76. The standard InChI is InChI=1S/C21H25N5O4/c1-25(9-14-2-3-16-17(6-14)30-5-4-29-16)19-18-20(23-12-22-19)26(13-24-18)15-7-21(8-15,10-27)11-28/h2-3,6,12-13,15,27-28H,4-5,7-11H2,1H3. The van der Waals surface area contributed by atoms with Gasteiger partial charge in [-0.15, -0.1) is 0 Å². The molecular weight excluding hydrogens is 386 g/mol. The maximum atomic E-state index is 9.56. The molecule has 0 spiro atoms. The van der Waals surface area contributed by atoms with E-state index in [-0.39, 0.29) is 19.3 Å².